The molecule has 2 heterocycles. The van der Waals surface area contributed by atoms with Crippen molar-refractivity contribution in [1.82, 2.24) is 0 Å². The van der Waals surface area contributed by atoms with Gasteiger partial charge in [-0.05, 0) is 25.1 Å². The summed E-state index contributed by atoms with van der Waals surface area (Å²) in [4.78, 5) is 14.4. The van der Waals surface area contributed by atoms with Crippen LogP contribution in [0.1, 0.15) is 25.7 Å². The third kappa shape index (κ3) is 2.27. The summed E-state index contributed by atoms with van der Waals surface area (Å²) in [6.45, 7) is 2.59. The van der Waals surface area contributed by atoms with Crippen molar-refractivity contribution in [3.63, 3.8) is 0 Å². The Hall–Kier alpha value is -2.07. The van der Waals surface area contributed by atoms with Crippen molar-refractivity contribution in [3.8, 4) is 0 Å². The van der Waals surface area contributed by atoms with Gasteiger partial charge >= 0.3 is 0 Å². The summed E-state index contributed by atoms with van der Waals surface area (Å²) in [7, 11) is 0. The molecule has 3 rings (SSSR count). The van der Waals surface area contributed by atoms with Gasteiger partial charge in [0.1, 0.15) is 6.61 Å². The number of nitrogens with one attached hydrogen (secondary N) is 1. The molecule has 2 aromatic rings. The van der Waals surface area contributed by atoms with Gasteiger partial charge in [-0.3, -0.25) is 4.79 Å². The number of hydrogen-bond acceptors (Lipinski definition) is 3. The Morgan fingerprint density at radius 2 is 2.11 bits per heavy atom. The van der Waals surface area contributed by atoms with Gasteiger partial charge in [0, 0.05) is 16.0 Å². The van der Waals surface area contributed by atoms with Gasteiger partial charge in [0.25, 0.3) is 5.91 Å². The van der Waals surface area contributed by atoms with Crippen molar-refractivity contribution < 1.29 is 9.53 Å². The first-order chi connectivity index (χ1) is 9.25. The second-order valence-corrected chi connectivity index (χ2v) is 5.61. The number of thiophene rings is 1. The van der Waals surface area contributed by atoms with Gasteiger partial charge in [-0.25, -0.2) is 0 Å². The van der Waals surface area contributed by atoms with Gasteiger partial charge in [-0.1, -0.05) is 18.2 Å². The minimum absolute atomic E-state index is 0.0795. The number of carbonyl (C=O) groups excluding carboxylic acids is 1. The smallest absolute Gasteiger partial charge is 0.255 e. The van der Waals surface area contributed by atoms with Crippen molar-refractivity contribution in [2.45, 2.75) is 13.5 Å². The number of fused-ring (bicyclic) bond motifs is 1. The first-order valence-corrected chi connectivity index (χ1v) is 6.84. The summed E-state index contributed by atoms with van der Waals surface area (Å²) in [5.74, 6) is -0.0795. The van der Waals surface area contributed by atoms with E-state index < -0.39 is 0 Å². The molecule has 0 spiro atoms. The highest BCUT2D eigenvalue weighted by Crippen LogP contribution is 2.36. The molecule has 1 aliphatic heterocycles. The first-order valence-electron chi connectivity index (χ1n) is 6.02. The molecule has 4 heteroatoms. The molecule has 1 amide bonds. The fourth-order valence-corrected chi connectivity index (χ4v) is 3.11. The molecule has 0 bridgehead atoms. The van der Waals surface area contributed by atoms with E-state index in [9.17, 15) is 4.79 Å². The van der Waals surface area contributed by atoms with E-state index in [2.05, 4.69) is 5.32 Å². The maximum atomic E-state index is 12.2. The van der Waals surface area contributed by atoms with Crippen molar-refractivity contribution in [2.24, 2.45) is 0 Å². The van der Waals surface area contributed by atoms with E-state index in [4.69, 9.17) is 4.74 Å². The molecule has 19 heavy (non-hydrogen) atoms. The lowest BCUT2D eigenvalue weighted by Crippen LogP contribution is -2.12. The van der Waals surface area contributed by atoms with Crippen LogP contribution in [-0.4, -0.2) is 5.91 Å². The molecule has 1 N–H and O–H groups in total. The van der Waals surface area contributed by atoms with Crippen molar-refractivity contribution in [1.29, 1.82) is 0 Å². The maximum absolute atomic E-state index is 12.2. The third-order valence-corrected chi connectivity index (χ3v) is 4.11. The summed E-state index contributed by atoms with van der Waals surface area (Å²) in [5.41, 5.74) is 2.63. The van der Waals surface area contributed by atoms with E-state index in [1.807, 2.05) is 43.3 Å². The number of amides is 1. The largest absolute Gasteiger partial charge is 0.496 e. The van der Waals surface area contributed by atoms with Crippen LogP contribution < -0.4 is 5.32 Å². The van der Waals surface area contributed by atoms with Crippen molar-refractivity contribution in [2.75, 3.05) is 5.32 Å². The Balaban J connectivity index is 1.91. The minimum atomic E-state index is -0.0795. The van der Waals surface area contributed by atoms with Gasteiger partial charge in [0.05, 0.1) is 16.8 Å². The van der Waals surface area contributed by atoms with Gasteiger partial charge in [-0.15, -0.1) is 11.3 Å². The standard InChI is InChI=1S/C15H13NO2S/c1-10-14(12-7-8-18-9-13(12)19-10)16-15(17)11-5-3-2-4-6-11/h2-8H,9H2,1H3,(H,16,17). The summed E-state index contributed by atoms with van der Waals surface area (Å²) < 4.78 is 5.27. The quantitative estimate of drug-likeness (QED) is 0.902. The predicted octanol–water partition coefficient (Wildman–Crippen LogP) is 3.81. The summed E-state index contributed by atoms with van der Waals surface area (Å²) >= 11 is 1.66. The molecule has 1 aromatic heterocycles. The molecule has 96 valence electrons. The zero-order valence-electron chi connectivity index (χ0n) is 10.5. The fourth-order valence-electron chi connectivity index (χ4n) is 2.07. The highest BCUT2D eigenvalue weighted by atomic mass is 32.1. The van der Waals surface area contributed by atoms with Gasteiger partial charge in [0.15, 0.2) is 0 Å². The molecule has 0 saturated carbocycles. The molecule has 0 saturated heterocycles. The van der Waals surface area contributed by atoms with Crippen LogP contribution in [0.2, 0.25) is 0 Å². The fraction of sp³-hybridized carbons (Fsp3) is 0.133. The molecule has 1 aliphatic rings. The van der Waals surface area contributed by atoms with Crippen LogP contribution in [0.15, 0.2) is 36.6 Å². The van der Waals surface area contributed by atoms with Crippen molar-refractivity contribution in [3.05, 3.63) is 57.5 Å². The van der Waals surface area contributed by atoms with Crippen LogP contribution in [0, 0.1) is 6.92 Å². The molecule has 3 nitrogen and oxygen atoms in total. The van der Waals surface area contributed by atoms with Gasteiger partial charge in [-0.2, -0.15) is 0 Å². The van der Waals surface area contributed by atoms with Gasteiger partial charge in [0.2, 0.25) is 0 Å². The third-order valence-electron chi connectivity index (χ3n) is 3.02. The summed E-state index contributed by atoms with van der Waals surface area (Å²) in [6.07, 6.45) is 3.58. The summed E-state index contributed by atoms with van der Waals surface area (Å²) in [5, 5.41) is 3.00. The van der Waals surface area contributed by atoms with E-state index >= 15 is 0 Å². The Kier molecular flexibility index (Phi) is 3.09. The molecule has 0 atom stereocenters. The van der Waals surface area contributed by atoms with Crippen LogP contribution in [0.5, 0.6) is 0 Å². The topological polar surface area (TPSA) is 38.3 Å². The SMILES string of the molecule is Cc1sc2c(c1NC(=O)c1ccccc1)C=COC2. The van der Waals surface area contributed by atoms with Crippen LogP contribution in [-0.2, 0) is 11.3 Å². The van der Waals surface area contributed by atoms with Crippen LogP contribution >= 0.6 is 11.3 Å². The number of ether oxygens (including phenoxy) is 1. The van der Waals surface area contributed by atoms with E-state index in [1.165, 1.54) is 0 Å². The predicted molar refractivity (Wildman–Crippen MR) is 77.3 cm³/mol. The van der Waals surface area contributed by atoms with E-state index in [0.29, 0.717) is 12.2 Å². The molecular weight excluding hydrogens is 258 g/mol. The lowest BCUT2D eigenvalue weighted by Gasteiger charge is -2.10. The number of aryl methyl sites for hydroxylation is 1. The number of hydrogen-bond donors (Lipinski definition) is 1. The van der Waals surface area contributed by atoms with E-state index in [-0.39, 0.29) is 5.91 Å². The highest BCUT2D eigenvalue weighted by Gasteiger charge is 2.18. The lowest BCUT2D eigenvalue weighted by molar-refractivity contribution is 0.102. The second kappa shape index (κ2) is 4.90. The Bertz CT molecular complexity index is 644. The molecule has 0 unspecified atom stereocenters. The van der Waals surface area contributed by atoms with Crippen LogP contribution in [0.4, 0.5) is 5.69 Å². The average molecular weight is 271 g/mol. The van der Waals surface area contributed by atoms with E-state index in [1.54, 1.807) is 17.6 Å². The van der Waals surface area contributed by atoms with Crippen LogP contribution in [0.3, 0.4) is 0 Å². The Morgan fingerprint density at radius 3 is 2.89 bits per heavy atom. The molecule has 0 aliphatic carbocycles. The van der Waals surface area contributed by atoms with Gasteiger partial charge < -0.3 is 10.1 Å². The molecule has 0 fully saturated rings. The number of carbonyl (C=O) groups is 1. The highest BCUT2D eigenvalue weighted by molar-refractivity contribution is 7.12. The maximum Gasteiger partial charge on any atom is 0.255 e. The lowest BCUT2D eigenvalue weighted by atomic mass is 10.1. The molecular formula is C15H13NO2S. The van der Waals surface area contributed by atoms with E-state index in [0.717, 1.165) is 21.0 Å². The first kappa shape index (κ1) is 12.0. The Morgan fingerprint density at radius 1 is 1.32 bits per heavy atom. The zero-order valence-corrected chi connectivity index (χ0v) is 11.3. The number of benzene rings is 1. The Labute approximate surface area is 115 Å². The number of rotatable bonds is 2. The number of anilines is 1. The monoisotopic (exact) mass is 271 g/mol. The zero-order chi connectivity index (χ0) is 13.2. The summed E-state index contributed by atoms with van der Waals surface area (Å²) in [6, 6.07) is 9.23. The minimum Gasteiger partial charge on any atom is -0.496 e. The normalized spacial score (nSPS) is 12.7. The van der Waals surface area contributed by atoms with Crippen molar-refractivity contribution >= 4 is 29.0 Å². The molecule has 1 aromatic carbocycles. The molecule has 0 radical (unpaired) electrons. The van der Waals surface area contributed by atoms with Crippen LogP contribution in [0.25, 0.3) is 6.08 Å². The average Bonchev–Trinajstić information content (AvgIpc) is 2.76. The second-order valence-electron chi connectivity index (χ2n) is 4.30.